The summed E-state index contributed by atoms with van der Waals surface area (Å²) < 4.78 is 7.04. The molecule has 2 aromatic rings. The minimum absolute atomic E-state index is 0.108. The minimum Gasteiger partial charge on any atom is -0.507 e. The molecule has 0 aliphatic carbocycles. The molecule has 0 aliphatic rings. The van der Waals surface area contributed by atoms with Crippen LogP contribution in [0.15, 0.2) is 50.4 Å². The van der Waals surface area contributed by atoms with Crippen molar-refractivity contribution < 1.29 is 14.6 Å². The number of nitrogens with zero attached hydrogens (tertiary/aromatic N) is 1. The van der Waals surface area contributed by atoms with Gasteiger partial charge < -0.3 is 9.84 Å². The smallest absolute Gasteiger partial charge is 0.277 e. The zero-order valence-electron chi connectivity index (χ0n) is 13.1. The average Bonchev–Trinajstić information content (AvgIpc) is 2.52. The maximum atomic E-state index is 11.9. The second-order valence-corrected chi connectivity index (χ2v) is 6.80. The van der Waals surface area contributed by atoms with E-state index in [-0.39, 0.29) is 12.4 Å². The number of aromatic hydroxyl groups is 1. The van der Waals surface area contributed by atoms with E-state index >= 15 is 0 Å². The molecule has 2 N–H and O–H groups in total. The van der Waals surface area contributed by atoms with Crippen LogP contribution in [0.25, 0.3) is 0 Å². The number of hydrogen-bond donors (Lipinski definition) is 2. The Morgan fingerprint density at radius 2 is 1.88 bits per heavy atom. The van der Waals surface area contributed by atoms with E-state index in [1.165, 1.54) is 0 Å². The Bertz CT molecular complexity index is 768. The molecule has 5 nitrogen and oxygen atoms in total. The number of phenolic OH excluding ortho intramolecular Hbond substituents is 1. The third kappa shape index (κ3) is 4.82. The molecule has 0 saturated carbocycles. The summed E-state index contributed by atoms with van der Waals surface area (Å²) in [5, 5.41) is 13.7. The minimum atomic E-state index is -0.399. The van der Waals surface area contributed by atoms with E-state index < -0.39 is 5.91 Å². The molecule has 126 valence electrons. The fourth-order valence-electron chi connectivity index (χ4n) is 1.98. The van der Waals surface area contributed by atoms with Crippen molar-refractivity contribution in [3.63, 3.8) is 0 Å². The highest BCUT2D eigenvalue weighted by Crippen LogP contribution is 2.34. The van der Waals surface area contributed by atoms with Crippen molar-refractivity contribution in [2.75, 3.05) is 6.61 Å². The van der Waals surface area contributed by atoms with Gasteiger partial charge in [0.05, 0.1) is 14.7 Å². The van der Waals surface area contributed by atoms with Gasteiger partial charge in [-0.25, -0.2) is 5.43 Å². The highest BCUT2D eigenvalue weighted by molar-refractivity contribution is 9.11. The predicted molar refractivity (Wildman–Crippen MR) is 101 cm³/mol. The van der Waals surface area contributed by atoms with Crippen molar-refractivity contribution in [3.05, 3.63) is 56.5 Å². The van der Waals surface area contributed by atoms with E-state index in [0.29, 0.717) is 17.0 Å². The summed E-state index contributed by atoms with van der Waals surface area (Å²) in [7, 11) is 0. The number of nitrogens with one attached hydrogen (secondary N) is 1. The Morgan fingerprint density at radius 1 is 1.25 bits per heavy atom. The van der Waals surface area contributed by atoms with Crippen LogP contribution < -0.4 is 10.2 Å². The fourth-order valence-corrected chi connectivity index (χ4v) is 3.62. The van der Waals surface area contributed by atoms with Gasteiger partial charge in [0, 0.05) is 5.56 Å². The number of aryl methyl sites for hydroxylation is 1. The monoisotopic (exact) mass is 454 g/mol. The SMILES string of the molecule is C/C(=N\NC(=O)COc1c(Br)cc(C)cc1Br)c1ccccc1O. The first kappa shape index (κ1) is 18.5. The van der Waals surface area contributed by atoms with E-state index in [4.69, 9.17) is 4.74 Å². The van der Waals surface area contributed by atoms with Crippen molar-refractivity contribution in [1.82, 2.24) is 5.43 Å². The molecule has 1 amide bonds. The highest BCUT2D eigenvalue weighted by atomic mass is 79.9. The van der Waals surface area contributed by atoms with Crippen LogP contribution in [-0.2, 0) is 4.79 Å². The summed E-state index contributed by atoms with van der Waals surface area (Å²) in [5.74, 6) is 0.262. The number of halogens is 2. The Labute approximate surface area is 157 Å². The fraction of sp³-hybridized carbons (Fsp3) is 0.176. The quantitative estimate of drug-likeness (QED) is 0.525. The first-order valence-electron chi connectivity index (χ1n) is 7.08. The average molecular weight is 456 g/mol. The predicted octanol–water partition coefficient (Wildman–Crippen LogP) is 4.14. The summed E-state index contributed by atoms with van der Waals surface area (Å²) in [5.41, 5.74) is 4.53. The maximum absolute atomic E-state index is 11.9. The van der Waals surface area contributed by atoms with Gasteiger partial charge in [-0.05, 0) is 75.5 Å². The Kier molecular flexibility index (Phi) is 6.39. The van der Waals surface area contributed by atoms with Crippen LogP contribution in [0.1, 0.15) is 18.1 Å². The van der Waals surface area contributed by atoms with E-state index in [9.17, 15) is 9.90 Å². The zero-order valence-corrected chi connectivity index (χ0v) is 16.3. The van der Waals surface area contributed by atoms with Crippen LogP contribution in [-0.4, -0.2) is 23.3 Å². The van der Waals surface area contributed by atoms with E-state index in [1.54, 1.807) is 31.2 Å². The van der Waals surface area contributed by atoms with Crippen molar-refractivity contribution in [2.45, 2.75) is 13.8 Å². The van der Waals surface area contributed by atoms with Gasteiger partial charge in [0.25, 0.3) is 5.91 Å². The molecule has 0 heterocycles. The first-order chi connectivity index (χ1) is 11.4. The van der Waals surface area contributed by atoms with Gasteiger partial charge in [0.2, 0.25) is 0 Å². The van der Waals surface area contributed by atoms with Crippen LogP contribution in [0.4, 0.5) is 0 Å². The molecule has 0 fully saturated rings. The molecule has 0 aliphatic heterocycles. The zero-order chi connectivity index (χ0) is 17.7. The number of amides is 1. The molecular weight excluding hydrogens is 440 g/mol. The molecular formula is C17H16Br2N2O3. The van der Waals surface area contributed by atoms with Crippen LogP contribution in [0.2, 0.25) is 0 Å². The van der Waals surface area contributed by atoms with Crippen molar-refractivity contribution in [3.8, 4) is 11.5 Å². The lowest BCUT2D eigenvalue weighted by Crippen LogP contribution is -2.25. The van der Waals surface area contributed by atoms with Crippen LogP contribution in [0, 0.1) is 6.92 Å². The van der Waals surface area contributed by atoms with Gasteiger partial charge >= 0.3 is 0 Å². The number of carbonyl (C=O) groups excluding carboxylic acids is 1. The molecule has 7 heteroatoms. The molecule has 0 bridgehead atoms. The van der Waals surface area contributed by atoms with Crippen LogP contribution >= 0.6 is 31.9 Å². The molecule has 0 saturated heterocycles. The van der Waals surface area contributed by atoms with E-state index in [2.05, 4.69) is 42.4 Å². The number of ether oxygens (including phenoxy) is 1. The summed E-state index contributed by atoms with van der Waals surface area (Å²) >= 11 is 6.81. The van der Waals surface area contributed by atoms with Gasteiger partial charge in [-0.1, -0.05) is 12.1 Å². The van der Waals surface area contributed by atoms with Crippen molar-refractivity contribution in [2.24, 2.45) is 5.10 Å². The van der Waals surface area contributed by atoms with Gasteiger partial charge in [0.1, 0.15) is 11.5 Å². The molecule has 2 aromatic carbocycles. The van der Waals surface area contributed by atoms with E-state index in [1.807, 2.05) is 19.1 Å². The summed E-state index contributed by atoms with van der Waals surface area (Å²) in [6.45, 7) is 3.48. The summed E-state index contributed by atoms with van der Waals surface area (Å²) in [6, 6.07) is 10.6. The maximum Gasteiger partial charge on any atom is 0.277 e. The number of carbonyl (C=O) groups is 1. The van der Waals surface area contributed by atoms with Gasteiger partial charge in [-0.15, -0.1) is 0 Å². The molecule has 0 atom stereocenters. The van der Waals surface area contributed by atoms with Gasteiger partial charge in [-0.3, -0.25) is 4.79 Å². The lowest BCUT2D eigenvalue weighted by atomic mass is 10.1. The second kappa shape index (κ2) is 8.30. The molecule has 2 rings (SSSR count). The molecule has 0 unspecified atom stereocenters. The first-order valence-corrected chi connectivity index (χ1v) is 8.67. The van der Waals surface area contributed by atoms with Gasteiger partial charge in [0.15, 0.2) is 6.61 Å². The highest BCUT2D eigenvalue weighted by Gasteiger charge is 2.10. The van der Waals surface area contributed by atoms with Crippen LogP contribution in [0.3, 0.4) is 0 Å². The largest absolute Gasteiger partial charge is 0.507 e. The van der Waals surface area contributed by atoms with Gasteiger partial charge in [-0.2, -0.15) is 5.10 Å². The number of hydrazone groups is 1. The topological polar surface area (TPSA) is 70.9 Å². The standard InChI is InChI=1S/C17H16Br2N2O3/c1-10-7-13(18)17(14(19)8-10)24-9-16(23)21-20-11(2)12-5-3-4-6-15(12)22/h3-8,22H,9H2,1-2H3,(H,21,23)/b20-11+. The summed E-state index contributed by atoms with van der Waals surface area (Å²) in [4.78, 5) is 11.9. The number of rotatable bonds is 5. The summed E-state index contributed by atoms with van der Waals surface area (Å²) in [6.07, 6.45) is 0. The number of hydrogen-bond acceptors (Lipinski definition) is 4. The number of benzene rings is 2. The Balaban J connectivity index is 1.97. The molecule has 0 aromatic heterocycles. The number of phenols is 1. The van der Waals surface area contributed by atoms with Crippen molar-refractivity contribution in [1.29, 1.82) is 0 Å². The number of para-hydroxylation sites is 1. The van der Waals surface area contributed by atoms with Crippen LogP contribution in [0.5, 0.6) is 11.5 Å². The van der Waals surface area contributed by atoms with E-state index in [0.717, 1.165) is 14.5 Å². The molecule has 0 radical (unpaired) electrons. The Morgan fingerprint density at radius 3 is 2.50 bits per heavy atom. The lowest BCUT2D eigenvalue weighted by Gasteiger charge is -2.10. The second-order valence-electron chi connectivity index (χ2n) is 5.10. The molecule has 0 spiro atoms. The third-order valence-corrected chi connectivity index (χ3v) is 4.31. The third-order valence-electron chi connectivity index (χ3n) is 3.13. The lowest BCUT2D eigenvalue weighted by molar-refractivity contribution is -0.123. The normalized spacial score (nSPS) is 11.2. The van der Waals surface area contributed by atoms with Crippen molar-refractivity contribution >= 4 is 43.5 Å². The molecule has 24 heavy (non-hydrogen) atoms. The Hall–Kier alpha value is -1.86.